The number of nitrogens with zero attached hydrogens (tertiary/aromatic N) is 1. The van der Waals surface area contributed by atoms with Crippen LogP contribution >= 0.6 is 23.5 Å². The van der Waals surface area contributed by atoms with Crippen molar-refractivity contribution in [2.75, 3.05) is 17.4 Å². The molecule has 0 amide bonds. The molecule has 1 unspecified atom stereocenters. The normalized spacial score (nSPS) is 18.7. The summed E-state index contributed by atoms with van der Waals surface area (Å²) in [5.41, 5.74) is 0.844. The van der Waals surface area contributed by atoms with E-state index in [0.717, 1.165) is 11.8 Å². The van der Waals surface area contributed by atoms with Crippen LogP contribution in [0.1, 0.15) is 10.4 Å². The molecule has 4 nitrogen and oxygen atoms in total. The Morgan fingerprint density at radius 3 is 2.79 bits per heavy atom. The largest absolute Gasteiger partial charge is 0.477 e. The van der Waals surface area contributed by atoms with Gasteiger partial charge in [0.15, 0.2) is 0 Å². The fraction of sp³-hybridized carbons (Fsp3) is 0.308. The molecular formula is C13H13NO3S2. The Kier molecular flexibility index (Phi) is 5.04. The highest BCUT2D eigenvalue weighted by molar-refractivity contribution is 8.14. The molecule has 6 heteroatoms. The van der Waals surface area contributed by atoms with Gasteiger partial charge in [0.25, 0.3) is 0 Å². The SMILES string of the molecule is O=C(O)C1=NCSCC1CSC(=O)c1ccccc1. The number of rotatable bonds is 4. The number of hydrogen-bond donors (Lipinski definition) is 1. The summed E-state index contributed by atoms with van der Waals surface area (Å²) in [6.45, 7) is 0. The van der Waals surface area contributed by atoms with Crippen LogP contribution in [-0.2, 0) is 4.79 Å². The number of aliphatic imine (C=N–C) groups is 1. The van der Waals surface area contributed by atoms with E-state index in [-0.39, 0.29) is 16.7 Å². The molecule has 0 bridgehead atoms. The molecule has 100 valence electrons. The average Bonchev–Trinajstić information content (AvgIpc) is 2.46. The molecule has 1 aliphatic heterocycles. The first-order chi connectivity index (χ1) is 9.18. The van der Waals surface area contributed by atoms with Gasteiger partial charge in [0, 0.05) is 23.0 Å². The lowest BCUT2D eigenvalue weighted by atomic mass is 10.1. The molecule has 0 radical (unpaired) electrons. The maximum Gasteiger partial charge on any atom is 0.350 e. The summed E-state index contributed by atoms with van der Waals surface area (Å²) >= 11 is 2.76. The molecule has 1 atom stereocenters. The van der Waals surface area contributed by atoms with Gasteiger partial charge in [-0.05, 0) is 0 Å². The summed E-state index contributed by atoms with van der Waals surface area (Å²) in [6.07, 6.45) is 0. The van der Waals surface area contributed by atoms with Gasteiger partial charge in [-0.1, -0.05) is 42.1 Å². The van der Waals surface area contributed by atoms with Gasteiger partial charge in [0.1, 0.15) is 5.71 Å². The summed E-state index contributed by atoms with van der Waals surface area (Å²) in [6, 6.07) is 9.01. The average molecular weight is 295 g/mol. The quantitative estimate of drug-likeness (QED) is 0.924. The first-order valence-electron chi connectivity index (χ1n) is 5.76. The van der Waals surface area contributed by atoms with Gasteiger partial charge in [0.2, 0.25) is 5.12 Å². The number of aliphatic carboxylic acids is 1. The zero-order chi connectivity index (χ0) is 13.7. The van der Waals surface area contributed by atoms with Crippen molar-refractivity contribution in [3.8, 4) is 0 Å². The summed E-state index contributed by atoms with van der Waals surface area (Å²) in [7, 11) is 0. The molecule has 0 saturated carbocycles. The number of hydrogen-bond acceptors (Lipinski definition) is 5. The molecular weight excluding hydrogens is 282 g/mol. The van der Waals surface area contributed by atoms with E-state index in [0.29, 0.717) is 22.9 Å². The molecule has 1 N–H and O–H groups in total. The van der Waals surface area contributed by atoms with E-state index in [1.165, 1.54) is 0 Å². The zero-order valence-electron chi connectivity index (χ0n) is 10.1. The maximum atomic E-state index is 11.9. The summed E-state index contributed by atoms with van der Waals surface area (Å²) in [5.74, 6) is 0.536. The van der Waals surface area contributed by atoms with Crippen molar-refractivity contribution in [2.24, 2.45) is 10.9 Å². The van der Waals surface area contributed by atoms with E-state index in [1.54, 1.807) is 23.9 Å². The highest BCUT2D eigenvalue weighted by Crippen LogP contribution is 2.23. The monoisotopic (exact) mass is 295 g/mol. The Labute approximate surface area is 119 Å². The molecule has 0 fully saturated rings. The van der Waals surface area contributed by atoms with Crippen molar-refractivity contribution in [3.63, 3.8) is 0 Å². The molecule has 0 saturated heterocycles. The Balaban J connectivity index is 1.95. The first kappa shape index (κ1) is 14.1. The van der Waals surface area contributed by atoms with Gasteiger partial charge in [-0.25, -0.2) is 4.79 Å². The van der Waals surface area contributed by atoms with Gasteiger partial charge in [-0.3, -0.25) is 9.79 Å². The lowest BCUT2D eigenvalue weighted by molar-refractivity contribution is -0.129. The van der Waals surface area contributed by atoms with Crippen molar-refractivity contribution in [1.29, 1.82) is 0 Å². The first-order valence-corrected chi connectivity index (χ1v) is 7.90. The van der Waals surface area contributed by atoms with Crippen LogP contribution in [-0.4, -0.2) is 39.3 Å². The molecule has 1 aromatic carbocycles. The number of carboxylic acid groups (broad SMARTS) is 1. The predicted octanol–water partition coefficient (Wildman–Crippen LogP) is 2.41. The second kappa shape index (κ2) is 6.77. The van der Waals surface area contributed by atoms with Crippen molar-refractivity contribution < 1.29 is 14.7 Å². The third kappa shape index (κ3) is 3.84. The Hall–Kier alpha value is -1.27. The van der Waals surface area contributed by atoms with Gasteiger partial charge in [0.05, 0.1) is 5.88 Å². The third-order valence-corrected chi connectivity index (χ3v) is 4.69. The molecule has 0 aliphatic carbocycles. The standard InChI is InChI=1S/C13H13NO3S2/c15-12(16)11-10(6-18-8-14-11)7-19-13(17)9-4-2-1-3-5-9/h1-5,10H,6-8H2,(H,15,16). The van der Waals surface area contributed by atoms with Crippen LogP contribution in [0.2, 0.25) is 0 Å². The number of thioether (sulfide) groups is 2. The summed E-state index contributed by atoms with van der Waals surface area (Å²) < 4.78 is 0. The van der Waals surface area contributed by atoms with E-state index in [1.807, 2.05) is 18.2 Å². The minimum Gasteiger partial charge on any atom is -0.477 e. The summed E-state index contributed by atoms with van der Waals surface area (Å²) in [5, 5.41) is 9.03. The van der Waals surface area contributed by atoms with Crippen LogP contribution in [0.4, 0.5) is 0 Å². The highest BCUT2D eigenvalue weighted by atomic mass is 32.2. The van der Waals surface area contributed by atoms with Crippen molar-refractivity contribution in [2.45, 2.75) is 0 Å². The topological polar surface area (TPSA) is 66.7 Å². The Bertz CT molecular complexity index is 502. The number of carbonyl (C=O) groups excluding carboxylic acids is 1. The molecule has 2 rings (SSSR count). The smallest absolute Gasteiger partial charge is 0.350 e. The fourth-order valence-electron chi connectivity index (χ4n) is 1.72. The highest BCUT2D eigenvalue weighted by Gasteiger charge is 2.26. The van der Waals surface area contributed by atoms with Crippen LogP contribution in [0.15, 0.2) is 35.3 Å². The van der Waals surface area contributed by atoms with Gasteiger partial charge in [-0.15, -0.1) is 11.8 Å². The molecule has 1 aliphatic rings. The van der Waals surface area contributed by atoms with Crippen molar-refractivity contribution in [1.82, 2.24) is 0 Å². The second-order valence-electron chi connectivity index (χ2n) is 4.01. The van der Waals surface area contributed by atoms with E-state index in [2.05, 4.69) is 4.99 Å². The number of benzene rings is 1. The van der Waals surface area contributed by atoms with Crippen LogP contribution in [0.5, 0.6) is 0 Å². The van der Waals surface area contributed by atoms with Crippen molar-refractivity contribution >= 4 is 40.3 Å². The van der Waals surface area contributed by atoms with Crippen LogP contribution in [0.25, 0.3) is 0 Å². The fourth-order valence-corrected chi connectivity index (χ4v) is 3.70. The number of carboxylic acids is 1. The predicted molar refractivity (Wildman–Crippen MR) is 79.1 cm³/mol. The van der Waals surface area contributed by atoms with Gasteiger partial charge in [-0.2, -0.15) is 0 Å². The zero-order valence-corrected chi connectivity index (χ0v) is 11.7. The minimum atomic E-state index is -0.974. The van der Waals surface area contributed by atoms with E-state index in [9.17, 15) is 9.59 Å². The molecule has 1 aromatic rings. The molecule has 0 aromatic heterocycles. The molecule has 19 heavy (non-hydrogen) atoms. The molecule has 1 heterocycles. The Morgan fingerprint density at radius 1 is 1.37 bits per heavy atom. The third-order valence-electron chi connectivity index (χ3n) is 2.68. The number of carbonyl (C=O) groups is 2. The van der Waals surface area contributed by atoms with E-state index >= 15 is 0 Å². The van der Waals surface area contributed by atoms with E-state index < -0.39 is 5.97 Å². The van der Waals surface area contributed by atoms with Crippen LogP contribution in [0.3, 0.4) is 0 Å². The molecule has 0 spiro atoms. The maximum absolute atomic E-state index is 11.9. The van der Waals surface area contributed by atoms with Crippen molar-refractivity contribution in [3.05, 3.63) is 35.9 Å². The summed E-state index contributed by atoms with van der Waals surface area (Å²) in [4.78, 5) is 27.0. The van der Waals surface area contributed by atoms with E-state index in [4.69, 9.17) is 5.11 Å². The lowest BCUT2D eigenvalue weighted by Crippen LogP contribution is -2.30. The second-order valence-corrected chi connectivity index (χ2v) is 6.00. The minimum absolute atomic E-state index is 0.0269. The Morgan fingerprint density at radius 2 is 2.11 bits per heavy atom. The van der Waals surface area contributed by atoms with Crippen LogP contribution in [0, 0.1) is 5.92 Å². The lowest BCUT2D eigenvalue weighted by Gasteiger charge is -2.19. The van der Waals surface area contributed by atoms with Crippen LogP contribution < -0.4 is 0 Å². The van der Waals surface area contributed by atoms with Gasteiger partial charge >= 0.3 is 5.97 Å². The van der Waals surface area contributed by atoms with Gasteiger partial charge < -0.3 is 5.11 Å².